The summed E-state index contributed by atoms with van der Waals surface area (Å²) < 4.78 is 6.32. The van der Waals surface area contributed by atoms with E-state index in [2.05, 4.69) is 39.9 Å². The molecular weight excluding hydrogens is 326 g/mol. The molecule has 4 heteroatoms. The minimum Gasteiger partial charge on any atom is -0.458 e. The summed E-state index contributed by atoms with van der Waals surface area (Å²) in [5.74, 6) is 0.848. The van der Waals surface area contributed by atoms with Crippen LogP contribution in [-0.2, 0) is 14.3 Å². The fourth-order valence-corrected chi connectivity index (χ4v) is 5.76. The van der Waals surface area contributed by atoms with Crippen molar-refractivity contribution in [3.05, 3.63) is 0 Å². The van der Waals surface area contributed by atoms with Gasteiger partial charge in [-0.15, -0.1) is 0 Å². The van der Waals surface area contributed by atoms with E-state index in [-0.39, 0.29) is 16.8 Å². The number of nitrogens with one attached hydrogen (secondary N) is 1. The van der Waals surface area contributed by atoms with Crippen molar-refractivity contribution in [2.45, 2.75) is 97.6 Å². The Hall–Kier alpha value is -0.900. The van der Waals surface area contributed by atoms with E-state index in [1.807, 2.05) is 14.0 Å². The summed E-state index contributed by atoms with van der Waals surface area (Å²) in [7, 11) is 1.83. The van der Waals surface area contributed by atoms with E-state index < -0.39 is 11.1 Å². The van der Waals surface area contributed by atoms with Crippen molar-refractivity contribution in [2.75, 3.05) is 7.05 Å². The topological polar surface area (TPSA) is 55.4 Å². The summed E-state index contributed by atoms with van der Waals surface area (Å²) in [5.41, 5.74) is -1.51. The zero-order valence-electron chi connectivity index (χ0n) is 17.9. The molecule has 2 saturated carbocycles. The Morgan fingerprint density at radius 2 is 1.88 bits per heavy atom. The molecule has 0 amide bonds. The first-order chi connectivity index (χ1) is 11.9. The molecule has 0 aromatic rings. The Bertz CT molecular complexity index is 536. The summed E-state index contributed by atoms with van der Waals surface area (Å²) in [4.78, 5) is 25.2. The lowest BCUT2D eigenvalue weighted by atomic mass is 9.56. The lowest BCUT2D eigenvalue weighted by Crippen LogP contribution is -2.57. The average molecular weight is 366 g/mol. The largest absolute Gasteiger partial charge is 0.458 e. The maximum atomic E-state index is 13.3. The molecule has 0 spiro atoms. The molecule has 0 aromatic heterocycles. The second-order valence-electron chi connectivity index (χ2n) is 10.7. The lowest BCUT2D eigenvalue weighted by molar-refractivity contribution is -0.190. The van der Waals surface area contributed by atoms with Crippen LogP contribution < -0.4 is 5.32 Å². The number of ether oxygens (including phenoxy) is 1. The highest BCUT2D eigenvalue weighted by molar-refractivity contribution is 5.81. The molecule has 5 atom stereocenters. The average Bonchev–Trinajstić information content (AvgIpc) is 2.51. The van der Waals surface area contributed by atoms with Gasteiger partial charge in [0, 0.05) is 5.41 Å². The molecule has 26 heavy (non-hydrogen) atoms. The highest BCUT2D eigenvalue weighted by atomic mass is 16.6. The van der Waals surface area contributed by atoms with Crippen molar-refractivity contribution in [3.8, 4) is 0 Å². The molecule has 2 aliphatic carbocycles. The SMILES string of the molecule is CCC1(C=O)CC2CC(C)CC(OC(=O)C(C)(CC(C)(C)C)NC)(C2)C1. The van der Waals surface area contributed by atoms with Gasteiger partial charge in [-0.25, -0.2) is 0 Å². The van der Waals surface area contributed by atoms with Crippen LogP contribution in [0.2, 0.25) is 0 Å². The predicted octanol–water partition coefficient (Wildman–Crippen LogP) is 4.51. The molecule has 2 fully saturated rings. The van der Waals surface area contributed by atoms with Crippen molar-refractivity contribution >= 4 is 12.3 Å². The van der Waals surface area contributed by atoms with E-state index in [0.717, 1.165) is 38.4 Å². The van der Waals surface area contributed by atoms with E-state index >= 15 is 0 Å². The summed E-state index contributed by atoms with van der Waals surface area (Å²) in [6, 6.07) is 0. The van der Waals surface area contributed by atoms with Crippen LogP contribution in [0.15, 0.2) is 0 Å². The standard InChI is InChI=1S/C22H39NO3/c1-8-21(15-24)11-17-9-16(2)10-22(12-17,14-21)26-18(25)20(6,23-7)13-19(3,4)5/h15-17,23H,8-14H2,1-7H3. The van der Waals surface area contributed by atoms with Gasteiger partial charge in [0.1, 0.15) is 17.4 Å². The molecule has 1 N–H and O–H groups in total. The monoisotopic (exact) mass is 365 g/mol. The highest BCUT2D eigenvalue weighted by Crippen LogP contribution is 2.55. The van der Waals surface area contributed by atoms with Crippen molar-refractivity contribution < 1.29 is 14.3 Å². The number of hydrogen-bond donors (Lipinski definition) is 1. The van der Waals surface area contributed by atoms with Crippen LogP contribution in [0, 0.1) is 22.7 Å². The Morgan fingerprint density at radius 1 is 1.23 bits per heavy atom. The van der Waals surface area contributed by atoms with Gasteiger partial charge < -0.3 is 14.8 Å². The first kappa shape index (κ1) is 21.4. The number of aldehydes is 1. The molecule has 2 bridgehead atoms. The highest BCUT2D eigenvalue weighted by Gasteiger charge is 2.54. The van der Waals surface area contributed by atoms with Gasteiger partial charge in [0.05, 0.1) is 0 Å². The predicted molar refractivity (Wildman–Crippen MR) is 105 cm³/mol. The van der Waals surface area contributed by atoms with E-state index in [9.17, 15) is 9.59 Å². The Labute approximate surface area is 159 Å². The van der Waals surface area contributed by atoms with Crippen LogP contribution in [-0.4, -0.2) is 30.4 Å². The van der Waals surface area contributed by atoms with Crippen LogP contribution in [0.1, 0.15) is 86.5 Å². The third kappa shape index (κ3) is 4.49. The number of esters is 1. The van der Waals surface area contributed by atoms with Crippen LogP contribution in [0.5, 0.6) is 0 Å². The molecule has 0 aliphatic heterocycles. The number of hydrogen-bond acceptors (Lipinski definition) is 4. The van der Waals surface area contributed by atoms with Crippen LogP contribution in [0.4, 0.5) is 0 Å². The lowest BCUT2D eigenvalue weighted by Gasteiger charge is -2.53. The van der Waals surface area contributed by atoms with Crippen molar-refractivity contribution in [1.82, 2.24) is 5.32 Å². The third-order valence-electron chi connectivity index (χ3n) is 6.64. The Morgan fingerprint density at radius 3 is 2.38 bits per heavy atom. The second-order valence-corrected chi connectivity index (χ2v) is 10.7. The fourth-order valence-electron chi connectivity index (χ4n) is 5.76. The first-order valence-corrected chi connectivity index (χ1v) is 10.3. The number of likely N-dealkylation sites (N-methyl/N-ethyl adjacent to an activating group) is 1. The smallest absolute Gasteiger partial charge is 0.326 e. The maximum absolute atomic E-state index is 13.3. The second kappa shape index (κ2) is 7.26. The molecule has 0 saturated heterocycles. The molecule has 0 radical (unpaired) electrons. The summed E-state index contributed by atoms with van der Waals surface area (Å²) in [6.45, 7) is 12.7. The Kier molecular flexibility index (Phi) is 5.97. The maximum Gasteiger partial charge on any atom is 0.326 e. The van der Waals surface area contributed by atoms with E-state index in [4.69, 9.17) is 4.74 Å². The molecule has 5 unspecified atom stereocenters. The third-order valence-corrected chi connectivity index (χ3v) is 6.64. The number of carbonyl (C=O) groups is 2. The number of fused-ring (bicyclic) bond motifs is 2. The number of carbonyl (C=O) groups excluding carboxylic acids is 2. The molecule has 150 valence electrons. The molecular formula is C22H39NO3. The van der Waals surface area contributed by atoms with Gasteiger partial charge in [-0.3, -0.25) is 4.79 Å². The van der Waals surface area contributed by atoms with Crippen molar-refractivity contribution in [1.29, 1.82) is 0 Å². The summed E-state index contributed by atoms with van der Waals surface area (Å²) >= 11 is 0. The van der Waals surface area contributed by atoms with Gasteiger partial charge >= 0.3 is 5.97 Å². The minimum absolute atomic E-state index is 0.0133. The van der Waals surface area contributed by atoms with Crippen LogP contribution in [0.25, 0.3) is 0 Å². The summed E-state index contributed by atoms with van der Waals surface area (Å²) in [6.07, 6.45) is 7.23. The van der Waals surface area contributed by atoms with Crippen LogP contribution in [0.3, 0.4) is 0 Å². The summed E-state index contributed by atoms with van der Waals surface area (Å²) in [5, 5.41) is 3.21. The molecule has 0 aromatic carbocycles. The van der Waals surface area contributed by atoms with Gasteiger partial charge in [-0.1, -0.05) is 34.6 Å². The molecule has 2 aliphatic rings. The zero-order chi connectivity index (χ0) is 19.8. The van der Waals surface area contributed by atoms with Crippen molar-refractivity contribution in [3.63, 3.8) is 0 Å². The zero-order valence-corrected chi connectivity index (χ0v) is 17.9. The van der Waals surface area contributed by atoms with Gasteiger partial charge in [0.2, 0.25) is 0 Å². The van der Waals surface area contributed by atoms with E-state index in [0.29, 0.717) is 24.7 Å². The van der Waals surface area contributed by atoms with Crippen molar-refractivity contribution in [2.24, 2.45) is 22.7 Å². The molecule has 4 nitrogen and oxygen atoms in total. The van der Waals surface area contributed by atoms with Gasteiger partial charge in [-0.05, 0) is 76.2 Å². The molecule has 2 rings (SSSR count). The molecule has 0 heterocycles. The van der Waals surface area contributed by atoms with E-state index in [1.165, 1.54) is 0 Å². The van der Waals surface area contributed by atoms with Gasteiger partial charge in [-0.2, -0.15) is 0 Å². The van der Waals surface area contributed by atoms with E-state index in [1.54, 1.807) is 0 Å². The minimum atomic E-state index is -0.712. The van der Waals surface area contributed by atoms with Gasteiger partial charge in [0.25, 0.3) is 0 Å². The first-order valence-electron chi connectivity index (χ1n) is 10.3. The van der Waals surface area contributed by atoms with Crippen LogP contribution >= 0.6 is 0 Å². The normalized spacial score (nSPS) is 36.9. The fraction of sp³-hybridized carbons (Fsp3) is 0.909. The Balaban J connectivity index is 2.28. The van der Waals surface area contributed by atoms with Gasteiger partial charge in [0.15, 0.2) is 0 Å². The number of rotatable bonds is 6. The quantitative estimate of drug-likeness (QED) is 0.556.